The van der Waals surface area contributed by atoms with E-state index >= 15 is 0 Å². The number of carbonyl (C=O) groups is 2. The number of nitrogens with zero attached hydrogens (tertiary/aromatic N) is 4. The molecule has 8 nitrogen and oxygen atoms in total. The van der Waals surface area contributed by atoms with Gasteiger partial charge in [0.05, 0.1) is 24.6 Å². The van der Waals surface area contributed by atoms with Gasteiger partial charge in [0.25, 0.3) is 0 Å². The number of carbonyl (C=O) groups excluding carboxylic acids is 2. The zero-order valence-electron chi connectivity index (χ0n) is 19.1. The van der Waals surface area contributed by atoms with Crippen LogP contribution in [0.4, 0.5) is 10.2 Å². The van der Waals surface area contributed by atoms with Crippen molar-refractivity contribution < 1.29 is 18.7 Å². The fourth-order valence-electron chi connectivity index (χ4n) is 3.90. The van der Waals surface area contributed by atoms with Crippen molar-refractivity contribution in [2.45, 2.75) is 25.0 Å². The quantitative estimate of drug-likeness (QED) is 0.516. The summed E-state index contributed by atoms with van der Waals surface area (Å²) in [4.78, 5) is 35.3. The van der Waals surface area contributed by atoms with Crippen molar-refractivity contribution >= 4 is 29.4 Å². The standard InChI is InChI=1S/C24H26FN5O3S/c1-16(31)27-20-15-18(7-9-26-20)23-22(17-3-5-19(25)6-4-17)28-24(34-2)30(23)10-8-21(32)29-11-13-33-14-12-29/h3-7,9,15H,8,10-14H2,1-2H3,(H,26,27,31). The molecule has 3 aromatic rings. The second-order valence-corrected chi connectivity index (χ2v) is 8.58. The summed E-state index contributed by atoms with van der Waals surface area (Å²) in [5.74, 6) is -0.0782. The van der Waals surface area contributed by atoms with Gasteiger partial charge in [0.2, 0.25) is 11.8 Å². The van der Waals surface area contributed by atoms with Crippen LogP contribution < -0.4 is 5.32 Å². The molecule has 0 spiro atoms. The topological polar surface area (TPSA) is 89.3 Å². The van der Waals surface area contributed by atoms with Gasteiger partial charge in [0.1, 0.15) is 11.6 Å². The molecule has 0 bridgehead atoms. The molecule has 0 unspecified atom stereocenters. The van der Waals surface area contributed by atoms with E-state index in [-0.39, 0.29) is 17.6 Å². The first-order chi connectivity index (χ1) is 16.5. The highest BCUT2D eigenvalue weighted by Gasteiger charge is 2.23. The maximum atomic E-state index is 13.6. The number of aromatic nitrogens is 3. The average molecular weight is 484 g/mol. The van der Waals surface area contributed by atoms with E-state index in [1.807, 2.05) is 21.8 Å². The maximum absolute atomic E-state index is 13.6. The summed E-state index contributed by atoms with van der Waals surface area (Å²) < 4.78 is 21.0. The van der Waals surface area contributed by atoms with Crippen LogP contribution in [0.15, 0.2) is 47.8 Å². The summed E-state index contributed by atoms with van der Waals surface area (Å²) in [6.07, 6.45) is 3.85. The summed E-state index contributed by atoms with van der Waals surface area (Å²) in [6, 6.07) is 9.77. The number of hydrogen-bond acceptors (Lipinski definition) is 6. The highest BCUT2D eigenvalue weighted by Crippen LogP contribution is 2.36. The van der Waals surface area contributed by atoms with Gasteiger partial charge >= 0.3 is 0 Å². The van der Waals surface area contributed by atoms with Gasteiger partial charge in [-0.25, -0.2) is 14.4 Å². The third-order valence-electron chi connectivity index (χ3n) is 5.48. The number of nitrogens with one attached hydrogen (secondary N) is 1. The van der Waals surface area contributed by atoms with Gasteiger partial charge in [-0.15, -0.1) is 0 Å². The van der Waals surface area contributed by atoms with Gasteiger partial charge < -0.3 is 19.5 Å². The number of thioether (sulfide) groups is 1. The minimum atomic E-state index is -0.331. The molecule has 178 valence electrons. The Morgan fingerprint density at radius 1 is 1.15 bits per heavy atom. The van der Waals surface area contributed by atoms with E-state index in [0.717, 1.165) is 22.0 Å². The zero-order valence-corrected chi connectivity index (χ0v) is 19.9. The van der Waals surface area contributed by atoms with Crippen LogP contribution in [-0.2, 0) is 20.9 Å². The number of benzene rings is 1. The fraction of sp³-hybridized carbons (Fsp3) is 0.333. The number of rotatable bonds is 7. The number of pyridine rings is 1. The molecule has 0 aliphatic carbocycles. The van der Waals surface area contributed by atoms with Crippen LogP contribution in [0.25, 0.3) is 22.5 Å². The van der Waals surface area contributed by atoms with Crippen LogP contribution in [0, 0.1) is 5.82 Å². The summed E-state index contributed by atoms with van der Waals surface area (Å²) >= 11 is 1.47. The predicted molar refractivity (Wildman–Crippen MR) is 129 cm³/mol. The van der Waals surface area contributed by atoms with Crippen molar-refractivity contribution in [3.63, 3.8) is 0 Å². The lowest BCUT2D eigenvalue weighted by Gasteiger charge is -2.27. The van der Waals surface area contributed by atoms with Crippen LogP contribution >= 0.6 is 11.8 Å². The number of amides is 2. The Bertz CT molecular complexity index is 1180. The smallest absolute Gasteiger partial charge is 0.224 e. The van der Waals surface area contributed by atoms with Gasteiger partial charge in [-0.1, -0.05) is 11.8 Å². The summed E-state index contributed by atoms with van der Waals surface area (Å²) in [6.45, 7) is 4.14. The van der Waals surface area contributed by atoms with Crippen molar-refractivity contribution in [3.05, 3.63) is 48.4 Å². The maximum Gasteiger partial charge on any atom is 0.224 e. The molecular weight excluding hydrogens is 457 g/mol. The van der Waals surface area contributed by atoms with Crippen LogP contribution in [0.1, 0.15) is 13.3 Å². The van der Waals surface area contributed by atoms with Gasteiger partial charge in [-0.05, 0) is 42.7 Å². The molecule has 1 saturated heterocycles. The molecular formula is C24H26FN5O3S. The largest absolute Gasteiger partial charge is 0.378 e. The minimum absolute atomic E-state index is 0.0620. The van der Waals surface area contributed by atoms with E-state index in [1.54, 1.807) is 24.4 Å². The van der Waals surface area contributed by atoms with Gasteiger partial charge in [-0.3, -0.25) is 9.59 Å². The monoisotopic (exact) mass is 483 g/mol. The first kappa shape index (κ1) is 23.9. The SMILES string of the molecule is CSc1nc(-c2ccc(F)cc2)c(-c2ccnc(NC(C)=O)c2)n1CCC(=O)N1CCOCC1. The number of ether oxygens (including phenoxy) is 1. The highest BCUT2D eigenvalue weighted by molar-refractivity contribution is 7.98. The van der Waals surface area contributed by atoms with E-state index in [9.17, 15) is 14.0 Å². The highest BCUT2D eigenvalue weighted by atomic mass is 32.2. The molecule has 1 aliphatic rings. The number of imidazole rings is 1. The Morgan fingerprint density at radius 3 is 2.56 bits per heavy atom. The normalized spacial score (nSPS) is 13.7. The van der Waals surface area contributed by atoms with Crippen LogP contribution in [0.2, 0.25) is 0 Å². The van der Waals surface area contributed by atoms with E-state index in [2.05, 4.69) is 10.3 Å². The molecule has 0 saturated carbocycles. The molecule has 2 aromatic heterocycles. The molecule has 10 heteroatoms. The number of anilines is 1. The lowest BCUT2D eigenvalue weighted by Crippen LogP contribution is -2.41. The van der Waals surface area contributed by atoms with Crippen molar-refractivity contribution in [3.8, 4) is 22.5 Å². The van der Waals surface area contributed by atoms with E-state index in [4.69, 9.17) is 9.72 Å². The summed E-state index contributed by atoms with van der Waals surface area (Å²) in [5, 5.41) is 3.45. The second kappa shape index (κ2) is 10.8. The molecule has 0 radical (unpaired) electrons. The average Bonchev–Trinajstić information content (AvgIpc) is 3.22. The van der Waals surface area contributed by atoms with E-state index < -0.39 is 0 Å². The van der Waals surface area contributed by atoms with Crippen molar-refractivity contribution in [2.75, 3.05) is 37.9 Å². The molecule has 0 atom stereocenters. The molecule has 2 amide bonds. The van der Waals surface area contributed by atoms with Crippen molar-refractivity contribution in [1.29, 1.82) is 0 Å². The molecule has 4 rings (SSSR count). The first-order valence-electron chi connectivity index (χ1n) is 11.0. The zero-order chi connectivity index (χ0) is 24.1. The summed E-state index contributed by atoms with van der Waals surface area (Å²) in [7, 11) is 0. The molecule has 1 aliphatic heterocycles. The van der Waals surface area contributed by atoms with E-state index in [1.165, 1.54) is 30.8 Å². The number of hydrogen-bond donors (Lipinski definition) is 1. The van der Waals surface area contributed by atoms with E-state index in [0.29, 0.717) is 50.8 Å². The Morgan fingerprint density at radius 2 is 1.88 bits per heavy atom. The van der Waals surface area contributed by atoms with Crippen molar-refractivity contribution in [1.82, 2.24) is 19.4 Å². The van der Waals surface area contributed by atoms with Crippen LogP contribution in [0.3, 0.4) is 0 Å². The van der Waals surface area contributed by atoms with Crippen LogP contribution in [-0.4, -0.2) is 63.8 Å². The minimum Gasteiger partial charge on any atom is -0.378 e. The molecule has 34 heavy (non-hydrogen) atoms. The van der Waals surface area contributed by atoms with Crippen LogP contribution in [0.5, 0.6) is 0 Å². The lowest BCUT2D eigenvalue weighted by molar-refractivity contribution is -0.135. The third kappa shape index (κ3) is 5.45. The fourth-order valence-corrected chi connectivity index (χ4v) is 4.49. The lowest BCUT2D eigenvalue weighted by atomic mass is 10.1. The van der Waals surface area contributed by atoms with Crippen molar-refractivity contribution in [2.24, 2.45) is 0 Å². The first-order valence-corrected chi connectivity index (χ1v) is 12.2. The predicted octanol–water partition coefficient (Wildman–Crippen LogP) is 3.68. The molecule has 1 fully saturated rings. The molecule has 1 N–H and O–H groups in total. The Kier molecular flexibility index (Phi) is 7.59. The molecule has 1 aromatic carbocycles. The van der Waals surface area contributed by atoms with Gasteiger partial charge in [0, 0.05) is 50.3 Å². The molecule has 3 heterocycles. The number of halogens is 1. The van der Waals surface area contributed by atoms with Gasteiger partial charge in [0.15, 0.2) is 5.16 Å². The number of morpholine rings is 1. The third-order valence-corrected chi connectivity index (χ3v) is 6.16. The Balaban J connectivity index is 1.75. The van der Waals surface area contributed by atoms with Gasteiger partial charge in [-0.2, -0.15) is 0 Å². The second-order valence-electron chi connectivity index (χ2n) is 7.81. The Hall–Kier alpha value is -3.24. The Labute approximate surface area is 201 Å². The summed E-state index contributed by atoms with van der Waals surface area (Å²) in [5.41, 5.74) is 2.98.